The molecule has 0 atom stereocenters. The van der Waals surface area contributed by atoms with Crippen LogP contribution in [0.25, 0.3) is 0 Å². The van der Waals surface area contributed by atoms with Gasteiger partial charge in [-0.1, -0.05) is 0 Å². The highest BCUT2D eigenvalue weighted by Crippen LogP contribution is 2.23. The summed E-state index contributed by atoms with van der Waals surface area (Å²) >= 11 is 0. The molecule has 90 valence electrons. The standard InChI is InChI=1S/C10H21NO3S/c1-14-8-7-11-9-3-5-10(6-4-9)15(2,12)13/h9-11H,3-8H2,1-2H3/t9-,10+. The second-order valence-corrected chi connectivity index (χ2v) is 6.58. The van der Waals surface area contributed by atoms with Gasteiger partial charge >= 0.3 is 0 Å². The molecule has 0 saturated heterocycles. The summed E-state index contributed by atoms with van der Waals surface area (Å²) < 4.78 is 27.6. The zero-order chi connectivity index (χ0) is 11.3. The average molecular weight is 235 g/mol. The second-order valence-electron chi connectivity index (χ2n) is 4.25. The van der Waals surface area contributed by atoms with E-state index in [0.717, 1.165) is 32.2 Å². The molecule has 1 aliphatic carbocycles. The average Bonchev–Trinajstić information content (AvgIpc) is 2.18. The number of hydrogen-bond donors (Lipinski definition) is 1. The topological polar surface area (TPSA) is 55.4 Å². The lowest BCUT2D eigenvalue weighted by atomic mass is 9.95. The summed E-state index contributed by atoms with van der Waals surface area (Å²) in [6.45, 7) is 1.57. The van der Waals surface area contributed by atoms with Gasteiger partial charge in [0.25, 0.3) is 0 Å². The van der Waals surface area contributed by atoms with Crippen LogP contribution in [-0.2, 0) is 14.6 Å². The predicted octanol–water partition coefficient (Wildman–Crippen LogP) is 0.578. The van der Waals surface area contributed by atoms with Crippen LogP contribution in [0.3, 0.4) is 0 Å². The molecule has 1 rings (SSSR count). The van der Waals surface area contributed by atoms with Crippen molar-refractivity contribution < 1.29 is 13.2 Å². The van der Waals surface area contributed by atoms with Crippen molar-refractivity contribution in [1.29, 1.82) is 0 Å². The highest BCUT2D eigenvalue weighted by atomic mass is 32.2. The van der Waals surface area contributed by atoms with Crippen LogP contribution in [0.15, 0.2) is 0 Å². The normalized spacial score (nSPS) is 27.9. The molecule has 0 heterocycles. The van der Waals surface area contributed by atoms with Crippen molar-refractivity contribution in [3.63, 3.8) is 0 Å². The molecule has 0 aromatic heterocycles. The molecule has 1 aliphatic rings. The highest BCUT2D eigenvalue weighted by Gasteiger charge is 2.27. The van der Waals surface area contributed by atoms with Gasteiger partial charge in [0.2, 0.25) is 0 Å². The van der Waals surface area contributed by atoms with E-state index >= 15 is 0 Å². The molecule has 0 aromatic carbocycles. The fourth-order valence-corrected chi connectivity index (χ4v) is 3.19. The fourth-order valence-electron chi connectivity index (χ4n) is 2.06. The van der Waals surface area contributed by atoms with E-state index in [1.807, 2.05) is 0 Å². The van der Waals surface area contributed by atoms with Gasteiger partial charge in [-0.05, 0) is 25.7 Å². The van der Waals surface area contributed by atoms with Gasteiger partial charge in [-0.2, -0.15) is 0 Å². The fraction of sp³-hybridized carbons (Fsp3) is 1.00. The molecule has 0 bridgehead atoms. The van der Waals surface area contributed by atoms with Crippen molar-refractivity contribution in [3.05, 3.63) is 0 Å². The van der Waals surface area contributed by atoms with Crippen LogP contribution in [0.1, 0.15) is 25.7 Å². The van der Waals surface area contributed by atoms with Crippen LogP contribution in [0.5, 0.6) is 0 Å². The number of hydrogen-bond acceptors (Lipinski definition) is 4. The molecule has 0 aliphatic heterocycles. The van der Waals surface area contributed by atoms with Crippen molar-refractivity contribution in [1.82, 2.24) is 5.32 Å². The Kier molecular flexibility index (Phi) is 5.02. The lowest BCUT2D eigenvalue weighted by Gasteiger charge is -2.28. The SMILES string of the molecule is COCCN[C@H]1CC[C@@H](S(C)(=O)=O)CC1. The maximum absolute atomic E-state index is 11.3. The lowest BCUT2D eigenvalue weighted by molar-refractivity contribution is 0.192. The number of sulfone groups is 1. The number of nitrogens with one attached hydrogen (secondary N) is 1. The van der Waals surface area contributed by atoms with Crippen molar-refractivity contribution in [2.24, 2.45) is 0 Å². The summed E-state index contributed by atoms with van der Waals surface area (Å²) in [4.78, 5) is 0. The number of methoxy groups -OCH3 is 1. The Labute approximate surface area is 92.3 Å². The van der Waals surface area contributed by atoms with E-state index < -0.39 is 9.84 Å². The summed E-state index contributed by atoms with van der Waals surface area (Å²) in [7, 11) is -1.14. The molecular weight excluding hydrogens is 214 g/mol. The van der Waals surface area contributed by atoms with E-state index in [1.54, 1.807) is 7.11 Å². The summed E-state index contributed by atoms with van der Waals surface area (Å²) in [5.41, 5.74) is 0. The van der Waals surface area contributed by atoms with Crippen molar-refractivity contribution in [2.45, 2.75) is 37.0 Å². The Hall–Kier alpha value is -0.130. The second kappa shape index (κ2) is 5.82. The van der Waals surface area contributed by atoms with E-state index in [1.165, 1.54) is 6.26 Å². The maximum Gasteiger partial charge on any atom is 0.150 e. The minimum Gasteiger partial charge on any atom is -0.383 e. The first-order chi connectivity index (χ1) is 7.04. The molecule has 1 N–H and O–H groups in total. The van der Waals surface area contributed by atoms with Crippen molar-refractivity contribution >= 4 is 9.84 Å². The molecule has 0 amide bonds. The smallest absolute Gasteiger partial charge is 0.150 e. The zero-order valence-corrected chi connectivity index (χ0v) is 10.3. The molecule has 5 heteroatoms. The van der Waals surface area contributed by atoms with Gasteiger partial charge in [0.1, 0.15) is 9.84 Å². The first-order valence-electron chi connectivity index (χ1n) is 5.45. The molecule has 1 saturated carbocycles. The van der Waals surface area contributed by atoms with Gasteiger partial charge in [-0.25, -0.2) is 8.42 Å². The largest absolute Gasteiger partial charge is 0.383 e. The summed E-state index contributed by atoms with van der Waals surface area (Å²) in [5, 5.41) is 3.26. The van der Waals surface area contributed by atoms with Gasteiger partial charge in [0.15, 0.2) is 0 Å². The van der Waals surface area contributed by atoms with E-state index in [9.17, 15) is 8.42 Å². The third-order valence-electron chi connectivity index (χ3n) is 3.02. The van der Waals surface area contributed by atoms with Crippen molar-refractivity contribution in [2.75, 3.05) is 26.5 Å². The third-order valence-corrected chi connectivity index (χ3v) is 4.70. The Bertz CT molecular complexity index is 268. The van der Waals surface area contributed by atoms with Crippen LogP contribution < -0.4 is 5.32 Å². The van der Waals surface area contributed by atoms with E-state index in [-0.39, 0.29) is 5.25 Å². The zero-order valence-electron chi connectivity index (χ0n) is 9.53. The highest BCUT2D eigenvalue weighted by molar-refractivity contribution is 7.91. The number of rotatable bonds is 5. The molecule has 0 aromatic rings. The Morgan fingerprint density at radius 1 is 1.27 bits per heavy atom. The summed E-state index contributed by atoms with van der Waals surface area (Å²) in [5.74, 6) is 0. The minimum atomic E-state index is -2.83. The monoisotopic (exact) mass is 235 g/mol. The number of ether oxygens (including phenoxy) is 1. The van der Waals surface area contributed by atoms with Crippen LogP contribution in [0.2, 0.25) is 0 Å². The van der Waals surface area contributed by atoms with Crippen LogP contribution >= 0.6 is 0 Å². The van der Waals surface area contributed by atoms with Crippen LogP contribution in [-0.4, -0.2) is 46.2 Å². The molecule has 0 spiro atoms. The van der Waals surface area contributed by atoms with Crippen molar-refractivity contribution in [3.8, 4) is 0 Å². The molecule has 4 nitrogen and oxygen atoms in total. The summed E-state index contributed by atoms with van der Waals surface area (Å²) in [6.07, 6.45) is 4.85. The quantitative estimate of drug-likeness (QED) is 0.708. The molecule has 0 radical (unpaired) electrons. The van der Waals surface area contributed by atoms with E-state index in [2.05, 4.69) is 5.32 Å². The maximum atomic E-state index is 11.3. The minimum absolute atomic E-state index is 0.113. The predicted molar refractivity (Wildman–Crippen MR) is 60.8 cm³/mol. The first-order valence-corrected chi connectivity index (χ1v) is 7.40. The van der Waals surface area contributed by atoms with Gasteiger partial charge < -0.3 is 10.1 Å². The lowest BCUT2D eigenvalue weighted by Crippen LogP contribution is -2.38. The third kappa shape index (κ3) is 4.49. The van der Waals surface area contributed by atoms with Gasteiger partial charge in [0.05, 0.1) is 11.9 Å². The van der Waals surface area contributed by atoms with E-state index in [4.69, 9.17) is 4.74 Å². The van der Waals surface area contributed by atoms with E-state index in [0.29, 0.717) is 12.6 Å². The molecular formula is C10H21NO3S. The molecule has 15 heavy (non-hydrogen) atoms. The Balaban J connectivity index is 2.24. The summed E-state index contributed by atoms with van der Waals surface area (Å²) in [6, 6.07) is 0.471. The van der Waals surface area contributed by atoms with Gasteiger partial charge in [-0.15, -0.1) is 0 Å². The Morgan fingerprint density at radius 2 is 1.87 bits per heavy atom. The first kappa shape index (κ1) is 12.9. The van der Waals surface area contributed by atoms with Crippen LogP contribution in [0.4, 0.5) is 0 Å². The van der Waals surface area contributed by atoms with Gasteiger partial charge in [0, 0.05) is 26.0 Å². The van der Waals surface area contributed by atoms with Gasteiger partial charge in [-0.3, -0.25) is 0 Å². The Morgan fingerprint density at radius 3 is 2.33 bits per heavy atom. The molecule has 0 unspecified atom stereocenters. The molecule has 1 fully saturated rings. The van der Waals surface area contributed by atoms with Crippen LogP contribution in [0, 0.1) is 0 Å².